The van der Waals surface area contributed by atoms with E-state index in [0.717, 1.165) is 25.7 Å². The summed E-state index contributed by atoms with van der Waals surface area (Å²) in [5.41, 5.74) is 0.593. The van der Waals surface area contributed by atoms with Crippen molar-refractivity contribution in [3.8, 4) is 0 Å². The number of benzene rings is 1. The summed E-state index contributed by atoms with van der Waals surface area (Å²) >= 11 is 0. The number of ether oxygens (including phenoxy) is 1. The summed E-state index contributed by atoms with van der Waals surface area (Å²) in [5, 5.41) is 8.99. The molecule has 1 rings (SSSR count). The summed E-state index contributed by atoms with van der Waals surface area (Å²) < 4.78 is 5.91. The first-order valence-electron chi connectivity index (χ1n) is 10.6. The highest BCUT2D eigenvalue weighted by molar-refractivity contribution is 5.92. The molecule has 0 aliphatic heterocycles. The maximum Gasteiger partial charge on any atom is 0.338 e. The molecular formula is C23H36O4. The predicted octanol–water partition coefficient (Wildman–Crippen LogP) is 6.49. The number of unbranched alkanes of at least 4 members (excludes halogenated alkanes) is 5. The Kier molecular flexibility index (Phi) is 11.5. The van der Waals surface area contributed by atoms with Gasteiger partial charge in [0.1, 0.15) is 6.10 Å². The van der Waals surface area contributed by atoms with Crippen molar-refractivity contribution in [2.45, 2.75) is 91.1 Å². The summed E-state index contributed by atoms with van der Waals surface area (Å²) in [5.74, 6) is -0.951. The van der Waals surface area contributed by atoms with Crippen molar-refractivity contribution in [2.24, 2.45) is 5.92 Å². The van der Waals surface area contributed by atoms with E-state index in [4.69, 9.17) is 9.84 Å². The number of carboxylic acid groups (broad SMARTS) is 1. The van der Waals surface area contributed by atoms with Gasteiger partial charge in [-0.3, -0.25) is 0 Å². The van der Waals surface area contributed by atoms with Crippen molar-refractivity contribution in [2.75, 3.05) is 0 Å². The van der Waals surface area contributed by atoms with E-state index in [1.165, 1.54) is 62.8 Å². The van der Waals surface area contributed by atoms with Crippen molar-refractivity contribution < 1.29 is 19.4 Å². The molecule has 0 amide bonds. The van der Waals surface area contributed by atoms with E-state index >= 15 is 0 Å². The maximum atomic E-state index is 12.6. The lowest BCUT2D eigenvalue weighted by Gasteiger charge is -2.26. The number of rotatable bonds is 14. The van der Waals surface area contributed by atoms with Gasteiger partial charge >= 0.3 is 11.9 Å². The molecule has 1 N–H and O–H groups in total. The molecule has 1 aromatic rings. The Morgan fingerprint density at radius 3 is 1.96 bits per heavy atom. The van der Waals surface area contributed by atoms with Crippen molar-refractivity contribution in [3.05, 3.63) is 35.4 Å². The van der Waals surface area contributed by atoms with Crippen LogP contribution in [0.15, 0.2) is 24.3 Å². The summed E-state index contributed by atoms with van der Waals surface area (Å²) in [6, 6.07) is 5.98. The minimum absolute atomic E-state index is 0.0598. The van der Waals surface area contributed by atoms with Crippen LogP contribution in [0, 0.1) is 5.92 Å². The van der Waals surface area contributed by atoms with Crippen LogP contribution in [0.1, 0.15) is 106 Å². The molecular weight excluding hydrogens is 340 g/mol. The van der Waals surface area contributed by atoms with Crippen molar-refractivity contribution in [3.63, 3.8) is 0 Å². The summed E-state index contributed by atoms with van der Waals surface area (Å²) in [7, 11) is 0. The number of aromatic carboxylic acids is 1. The minimum atomic E-state index is -0.995. The average Bonchev–Trinajstić information content (AvgIpc) is 2.68. The molecule has 0 heterocycles. The van der Waals surface area contributed by atoms with Crippen LogP contribution in [0.3, 0.4) is 0 Å². The number of hydrogen-bond acceptors (Lipinski definition) is 3. The van der Waals surface area contributed by atoms with Crippen molar-refractivity contribution >= 4 is 11.9 Å². The van der Waals surface area contributed by atoms with E-state index < -0.39 is 5.97 Å². The van der Waals surface area contributed by atoms with Crippen LogP contribution in [0.5, 0.6) is 0 Å². The van der Waals surface area contributed by atoms with Gasteiger partial charge in [-0.2, -0.15) is 0 Å². The minimum Gasteiger partial charge on any atom is -0.478 e. The molecule has 2 unspecified atom stereocenters. The van der Waals surface area contributed by atoms with Crippen molar-refractivity contribution in [1.29, 1.82) is 0 Å². The molecule has 0 radical (unpaired) electrons. The Bertz CT molecular complexity index is 550. The lowest BCUT2D eigenvalue weighted by molar-refractivity contribution is 0.00768. The zero-order chi connectivity index (χ0) is 20.1. The van der Waals surface area contributed by atoms with Crippen molar-refractivity contribution in [1.82, 2.24) is 0 Å². The second kappa shape index (κ2) is 13.3. The molecule has 0 saturated heterocycles. The fourth-order valence-electron chi connectivity index (χ4n) is 3.43. The van der Waals surface area contributed by atoms with Gasteiger partial charge in [-0.05, 0) is 55.9 Å². The smallest absolute Gasteiger partial charge is 0.338 e. The van der Waals surface area contributed by atoms with Crippen LogP contribution in [0.2, 0.25) is 0 Å². The molecule has 0 saturated carbocycles. The SMILES string of the molecule is CCCCCCC(OC(=O)c1ccc(C(=O)O)cc1)C(CC)CCCCC. The molecule has 0 aromatic heterocycles. The van der Waals surface area contributed by atoms with E-state index in [0.29, 0.717) is 11.5 Å². The largest absolute Gasteiger partial charge is 0.478 e. The predicted molar refractivity (Wildman–Crippen MR) is 109 cm³/mol. The third-order valence-electron chi connectivity index (χ3n) is 5.20. The Morgan fingerprint density at radius 2 is 1.41 bits per heavy atom. The monoisotopic (exact) mass is 376 g/mol. The first-order valence-corrected chi connectivity index (χ1v) is 10.6. The van der Waals surface area contributed by atoms with Gasteiger partial charge < -0.3 is 9.84 Å². The summed E-state index contributed by atoms with van der Waals surface area (Å²) in [4.78, 5) is 23.6. The van der Waals surface area contributed by atoms with Crippen LogP contribution in [-0.4, -0.2) is 23.1 Å². The molecule has 27 heavy (non-hydrogen) atoms. The number of carboxylic acids is 1. The van der Waals surface area contributed by atoms with E-state index in [-0.39, 0.29) is 17.6 Å². The number of carbonyl (C=O) groups is 2. The lowest BCUT2D eigenvalue weighted by Crippen LogP contribution is -2.27. The topological polar surface area (TPSA) is 63.6 Å². The molecule has 0 aliphatic carbocycles. The Balaban J connectivity index is 2.76. The van der Waals surface area contributed by atoms with E-state index in [2.05, 4.69) is 20.8 Å². The molecule has 152 valence electrons. The van der Waals surface area contributed by atoms with Gasteiger partial charge in [-0.25, -0.2) is 9.59 Å². The van der Waals surface area contributed by atoms with Gasteiger partial charge in [0.05, 0.1) is 11.1 Å². The van der Waals surface area contributed by atoms with Crippen LogP contribution >= 0.6 is 0 Å². The zero-order valence-corrected chi connectivity index (χ0v) is 17.2. The molecule has 1 aromatic carbocycles. The van der Waals surface area contributed by atoms with E-state index in [1.54, 1.807) is 0 Å². The second-order valence-corrected chi connectivity index (χ2v) is 7.34. The number of hydrogen-bond donors (Lipinski definition) is 1. The first-order chi connectivity index (χ1) is 13.0. The van der Waals surface area contributed by atoms with Gasteiger partial charge in [0.15, 0.2) is 0 Å². The molecule has 4 nitrogen and oxygen atoms in total. The maximum absolute atomic E-state index is 12.6. The molecule has 4 heteroatoms. The molecule has 0 spiro atoms. The van der Waals surface area contributed by atoms with Gasteiger partial charge in [0.25, 0.3) is 0 Å². The highest BCUT2D eigenvalue weighted by atomic mass is 16.5. The third-order valence-corrected chi connectivity index (χ3v) is 5.20. The number of esters is 1. The summed E-state index contributed by atoms with van der Waals surface area (Å²) in [6.45, 7) is 6.56. The quantitative estimate of drug-likeness (QED) is 0.298. The first kappa shape index (κ1) is 23.2. The lowest BCUT2D eigenvalue weighted by atomic mass is 9.89. The third kappa shape index (κ3) is 8.59. The number of carbonyl (C=O) groups excluding carboxylic acids is 1. The standard InChI is InChI=1S/C23H36O4/c1-4-7-9-11-13-21(18(6-3)12-10-8-5-2)27-23(26)20-16-14-19(15-17-20)22(24)25/h14-18,21H,4-13H2,1-3H3,(H,24,25). The van der Waals surface area contributed by atoms with Gasteiger partial charge in [0, 0.05) is 0 Å². The molecule has 2 atom stereocenters. The van der Waals surface area contributed by atoms with Gasteiger partial charge in [0.2, 0.25) is 0 Å². The van der Waals surface area contributed by atoms with Crippen LogP contribution in [0.25, 0.3) is 0 Å². The second-order valence-electron chi connectivity index (χ2n) is 7.34. The van der Waals surface area contributed by atoms with Crippen LogP contribution in [0.4, 0.5) is 0 Å². The van der Waals surface area contributed by atoms with E-state index in [1.807, 2.05) is 0 Å². The Labute approximate surface area is 164 Å². The van der Waals surface area contributed by atoms with Crippen LogP contribution < -0.4 is 0 Å². The fraction of sp³-hybridized carbons (Fsp3) is 0.652. The van der Waals surface area contributed by atoms with Gasteiger partial charge in [-0.15, -0.1) is 0 Å². The highest BCUT2D eigenvalue weighted by Gasteiger charge is 2.24. The van der Waals surface area contributed by atoms with Crippen LogP contribution in [-0.2, 0) is 4.74 Å². The summed E-state index contributed by atoms with van der Waals surface area (Å²) in [6.07, 6.45) is 11.2. The Hall–Kier alpha value is -1.84. The normalized spacial score (nSPS) is 13.1. The molecule has 0 fully saturated rings. The van der Waals surface area contributed by atoms with Gasteiger partial charge in [-0.1, -0.05) is 59.3 Å². The molecule has 0 bridgehead atoms. The molecule has 0 aliphatic rings. The zero-order valence-electron chi connectivity index (χ0n) is 17.2. The fourth-order valence-corrected chi connectivity index (χ4v) is 3.43. The average molecular weight is 377 g/mol. The highest BCUT2D eigenvalue weighted by Crippen LogP contribution is 2.25. The Morgan fingerprint density at radius 1 is 0.852 bits per heavy atom. The van der Waals surface area contributed by atoms with E-state index in [9.17, 15) is 9.59 Å².